The smallest absolute Gasteiger partial charge is 0.406 e. The van der Waals surface area contributed by atoms with Crippen LogP contribution in [0.1, 0.15) is 31.4 Å². The fourth-order valence-corrected chi connectivity index (χ4v) is 1.40. The van der Waals surface area contributed by atoms with Crippen LogP contribution in [0.5, 0.6) is 5.75 Å². The summed E-state index contributed by atoms with van der Waals surface area (Å²) in [5.41, 5.74) is -0.186. The van der Waals surface area contributed by atoms with Crippen LogP contribution in [-0.2, 0) is 0 Å². The standard InChI is InChI=1S/C11H12F4O2/c1-2-3-10(16)8-6-7(4-5-9(8)12)17-11(13,14)15/h4-6,10,16H,2-3H2,1H3. The Balaban J connectivity index is 2.94. The third-order valence-electron chi connectivity index (χ3n) is 2.12. The summed E-state index contributed by atoms with van der Waals surface area (Å²) in [5, 5.41) is 9.55. The molecule has 1 aromatic carbocycles. The lowest BCUT2D eigenvalue weighted by Crippen LogP contribution is -2.17. The first-order valence-corrected chi connectivity index (χ1v) is 5.06. The Labute approximate surface area is 95.8 Å². The number of aliphatic hydroxyl groups is 1. The average Bonchev–Trinajstić information content (AvgIpc) is 2.19. The molecule has 6 heteroatoms. The lowest BCUT2D eigenvalue weighted by atomic mass is 10.0. The van der Waals surface area contributed by atoms with Gasteiger partial charge in [-0.25, -0.2) is 4.39 Å². The van der Waals surface area contributed by atoms with Crippen LogP contribution in [0.3, 0.4) is 0 Å². The highest BCUT2D eigenvalue weighted by atomic mass is 19.4. The van der Waals surface area contributed by atoms with Crippen molar-refractivity contribution in [1.82, 2.24) is 0 Å². The zero-order valence-electron chi connectivity index (χ0n) is 9.09. The molecule has 0 aliphatic rings. The molecule has 1 aromatic rings. The predicted molar refractivity (Wildman–Crippen MR) is 53.0 cm³/mol. The molecule has 96 valence electrons. The normalized spacial score (nSPS) is 13.5. The van der Waals surface area contributed by atoms with Gasteiger partial charge in [0.2, 0.25) is 0 Å². The minimum atomic E-state index is -4.83. The third kappa shape index (κ3) is 4.22. The second-order valence-corrected chi connectivity index (χ2v) is 3.54. The molecule has 0 aliphatic heterocycles. The Kier molecular flexibility index (Phi) is 4.34. The Morgan fingerprint density at radius 2 is 2.00 bits per heavy atom. The van der Waals surface area contributed by atoms with Crippen molar-refractivity contribution >= 4 is 0 Å². The van der Waals surface area contributed by atoms with Crippen molar-refractivity contribution in [3.05, 3.63) is 29.6 Å². The van der Waals surface area contributed by atoms with Gasteiger partial charge in [-0.3, -0.25) is 0 Å². The molecule has 1 rings (SSSR count). The Bertz CT molecular complexity index is 376. The number of aliphatic hydroxyl groups excluding tert-OH is 1. The van der Waals surface area contributed by atoms with E-state index < -0.39 is 24.0 Å². The Morgan fingerprint density at radius 1 is 1.35 bits per heavy atom. The summed E-state index contributed by atoms with van der Waals surface area (Å²) >= 11 is 0. The Hall–Kier alpha value is -1.30. The predicted octanol–water partition coefficient (Wildman–Crippen LogP) is 3.56. The molecule has 0 saturated carbocycles. The van der Waals surface area contributed by atoms with E-state index in [4.69, 9.17) is 0 Å². The summed E-state index contributed by atoms with van der Waals surface area (Å²) in [4.78, 5) is 0. The van der Waals surface area contributed by atoms with Gasteiger partial charge in [-0.05, 0) is 24.6 Å². The highest BCUT2D eigenvalue weighted by Crippen LogP contribution is 2.28. The summed E-state index contributed by atoms with van der Waals surface area (Å²) in [6.45, 7) is 1.77. The SMILES string of the molecule is CCCC(O)c1cc(OC(F)(F)F)ccc1F. The zero-order valence-corrected chi connectivity index (χ0v) is 9.09. The van der Waals surface area contributed by atoms with Gasteiger partial charge in [0, 0.05) is 5.56 Å². The molecule has 1 N–H and O–H groups in total. The molecule has 0 spiro atoms. The summed E-state index contributed by atoms with van der Waals surface area (Å²) in [5.74, 6) is -1.29. The van der Waals surface area contributed by atoms with Crippen LogP contribution < -0.4 is 4.74 Å². The van der Waals surface area contributed by atoms with E-state index in [0.717, 1.165) is 18.2 Å². The first-order valence-electron chi connectivity index (χ1n) is 5.06. The van der Waals surface area contributed by atoms with E-state index in [2.05, 4.69) is 4.74 Å². The van der Waals surface area contributed by atoms with E-state index in [1.165, 1.54) is 0 Å². The highest BCUT2D eigenvalue weighted by Gasteiger charge is 2.31. The van der Waals surface area contributed by atoms with Crippen molar-refractivity contribution in [2.24, 2.45) is 0 Å². The molecule has 2 nitrogen and oxygen atoms in total. The van der Waals surface area contributed by atoms with E-state index in [1.54, 1.807) is 6.92 Å². The van der Waals surface area contributed by atoms with Crippen LogP contribution in [0.4, 0.5) is 17.6 Å². The number of alkyl halides is 3. The summed E-state index contributed by atoms with van der Waals surface area (Å²) < 4.78 is 52.8. The summed E-state index contributed by atoms with van der Waals surface area (Å²) in [6.07, 6.45) is -5.10. The molecule has 0 saturated heterocycles. The van der Waals surface area contributed by atoms with Crippen molar-refractivity contribution in [2.75, 3.05) is 0 Å². The summed E-state index contributed by atoms with van der Waals surface area (Å²) in [6, 6.07) is 2.57. The van der Waals surface area contributed by atoms with Crippen molar-refractivity contribution in [3.63, 3.8) is 0 Å². The number of rotatable bonds is 4. The lowest BCUT2D eigenvalue weighted by molar-refractivity contribution is -0.274. The minimum Gasteiger partial charge on any atom is -0.406 e. The van der Waals surface area contributed by atoms with E-state index in [1.807, 2.05) is 0 Å². The van der Waals surface area contributed by atoms with Crippen LogP contribution in [0.15, 0.2) is 18.2 Å². The number of hydrogen-bond donors (Lipinski definition) is 1. The van der Waals surface area contributed by atoms with E-state index in [0.29, 0.717) is 6.42 Å². The van der Waals surface area contributed by atoms with Crippen LogP contribution in [-0.4, -0.2) is 11.5 Å². The molecule has 0 aromatic heterocycles. The first kappa shape index (κ1) is 13.8. The fraction of sp³-hybridized carbons (Fsp3) is 0.455. The molecule has 0 heterocycles. The second-order valence-electron chi connectivity index (χ2n) is 3.54. The third-order valence-corrected chi connectivity index (χ3v) is 2.12. The fourth-order valence-electron chi connectivity index (χ4n) is 1.40. The lowest BCUT2D eigenvalue weighted by Gasteiger charge is -2.14. The van der Waals surface area contributed by atoms with Gasteiger partial charge in [0.15, 0.2) is 0 Å². The molecule has 17 heavy (non-hydrogen) atoms. The number of halogens is 4. The quantitative estimate of drug-likeness (QED) is 0.830. The van der Waals surface area contributed by atoms with Gasteiger partial charge in [-0.15, -0.1) is 13.2 Å². The minimum absolute atomic E-state index is 0.186. The topological polar surface area (TPSA) is 29.5 Å². The number of ether oxygens (including phenoxy) is 1. The van der Waals surface area contributed by atoms with Crippen LogP contribution in [0, 0.1) is 5.82 Å². The van der Waals surface area contributed by atoms with Crippen molar-refractivity contribution in [3.8, 4) is 5.75 Å². The molecule has 0 amide bonds. The maximum Gasteiger partial charge on any atom is 0.573 e. The number of hydrogen-bond acceptors (Lipinski definition) is 2. The van der Waals surface area contributed by atoms with E-state index in [-0.39, 0.29) is 12.0 Å². The molecule has 0 bridgehead atoms. The Morgan fingerprint density at radius 3 is 2.53 bits per heavy atom. The molecular formula is C11H12F4O2. The summed E-state index contributed by atoms with van der Waals surface area (Å²) in [7, 11) is 0. The van der Waals surface area contributed by atoms with Gasteiger partial charge < -0.3 is 9.84 Å². The van der Waals surface area contributed by atoms with Gasteiger partial charge >= 0.3 is 6.36 Å². The van der Waals surface area contributed by atoms with Gasteiger partial charge in [-0.2, -0.15) is 0 Å². The van der Waals surface area contributed by atoms with Gasteiger partial charge in [0.1, 0.15) is 11.6 Å². The largest absolute Gasteiger partial charge is 0.573 e. The van der Waals surface area contributed by atoms with Crippen molar-refractivity contribution in [1.29, 1.82) is 0 Å². The maximum atomic E-state index is 13.3. The number of benzene rings is 1. The van der Waals surface area contributed by atoms with Crippen LogP contribution in [0.25, 0.3) is 0 Å². The zero-order chi connectivity index (χ0) is 13.1. The monoisotopic (exact) mass is 252 g/mol. The molecule has 1 atom stereocenters. The van der Waals surface area contributed by atoms with Gasteiger partial charge in [0.05, 0.1) is 6.10 Å². The van der Waals surface area contributed by atoms with Crippen molar-refractivity contribution in [2.45, 2.75) is 32.2 Å². The van der Waals surface area contributed by atoms with Crippen molar-refractivity contribution < 1.29 is 27.4 Å². The van der Waals surface area contributed by atoms with E-state index in [9.17, 15) is 22.7 Å². The van der Waals surface area contributed by atoms with Gasteiger partial charge in [-0.1, -0.05) is 13.3 Å². The maximum absolute atomic E-state index is 13.3. The molecule has 0 fully saturated rings. The highest BCUT2D eigenvalue weighted by molar-refractivity contribution is 5.31. The average molecular weight is 252 g/mol. The van der Waals surface area contributed by atoms with Crippen LogP contribution >= 0.6 is 0 Å². The van der Waals surface area contributed by atoms with Gasteiger partial charge in [0.25, 0.3) is 0 Å². The molecular weight excluding hydrogens is 240 g/mol. The molecule has 0 aliphatic carbocycles. The first-order chi connectivity index (χ1) is 7.83. The van der Waals surface area contributed by atoms with Crippen LogP contribution in [0.2, 0.25) is 0 Å². The second kappa shape index (κ2) is 5.35. The molecule has 0 radical (unpaired) electrons. The molecule has 1 unspecified atom stereocenters. The van der Waals surface area contributed by atoms with E-state index >= 15 is 0 Å².